The van der Waals surface area contributed by atoms with E-state index < -0.39 is 0 Å². The number of hydrogen-bond acceptors (Lipinski definition) is 2. The largest absolute Gasteiger partial charge is 0.497 e. The highest BCUT2D eigenvalue weighted by Gasteiger charge is 2.09. The van der Waals surface area contributed by atoms with Gasteiger partial charge >= 0.3 is 0 Å². The molecule has 108 valence electrons. The lowest BCUT2D eigenvalue weighted by atomic mass is 9.98. The Bertz CT molecular complexity index is 334. The fourth-order valence-electron chi connectivity index (χ4n) is 2.30. The summed E-state index contributed by atoms with van der Waals surface area (Å²) in [5, 5.41) is 3.66. The Hall–Kier alpha value is -1.02. The molecule has 1 unspecified atom stereocenters. The lowest BCUT2D eigenvalue weighted by molar-refractivity contribution is 0.397. The zero-order chi connectivity index (χ0) is 14.1. The monoisotopic (exact) mass is 263 g/mol. The summed E-state index contributed by atoms with van der Waals surface area (Å²) >= 11 is 0. The van der Waals surface area contributed by atoms with Gasteiger partial charge in [0.25, 0.3) is 0 Å². The number of benzene rings is 1. The fourth-order valence-corrected chi connectivity index (χ4v) is 2.30. The van der Waals surface area contributed by atoms with E-state index in [1.165, 1.54) is 31.2 Å². The Balaban J connectivity index is 2.42. The van der Waals surface area contributed by atoms with E-state index in [1.807, 2.05) is 12.1 Å². The molecular formula is C17H29NO. The second-order valence-corrected chi connectivity index (χ2v) is 5.32. The van der Waals surface area contributed by atoms with Crippen molar-refractivity contribution in [1.82, 2.24) is 5.32 Å². The highest BCUT2D eigenvalue weighted by atomic mass is 16.5. The maximum absolute atomic E-state index is 5.19. The van der Waals surface area contributed by atoms with Gasteiger partial charge in [-0.05, 0) is 43.5 Å². The second kappa shape index (κ2) is 8.98. The van der Waals surface area contributed by atoms with Crippen LogP contribution in [0.1, 0.15) is 58.1 Å². The molecule has 2 nitrogen and oxygen atoms in total. The van der Waals surface area contributed by atoms with Crippen molar-refractivity contribution < 1.29 is 4.74 Å². The van der Waals surface area contributed by atoms with Gasteiger partial charge in [-0.25, -0.2) is 0 Å². The van der Waals surface area contributed by atoms with Crippen LogP contribution in [0.5, 0.6) is 5.75 Å². The smallest absolute Gasteiger partial charge is 0.118 e. The molecular weight excluding hydrogens is 234 g/mol. The third-order valence-electron chi connectivity index (χ3n) is 3.87. The molecule has 0 aliphatic heterocycles. The second-order valence-electron chi connectivity index (χ2n) is 5.32. The number of ether oxygens (including phenoxy) is 1. The van der Waals surface area contributed by atoms with Crippen LogP contribution in [0.15, 0.2) is 24.3 Å². The van der Waals surface area contributed by atoms with Gasteiger partial charge in [0.1, 0.15) is 5.75 Å². The van der Waals surface area contributed by atoms with E-state index >= 15 is 0 Å². The van der Waals surface area contributed by atoms with E-state index in [1.54, 1.807) is 7.11 Å². The molecule has 0 radical (unpaired) electrons. The molecule has 2 heteroatoms. The first-order chi connectivity index (χ1) is 9.21. The minimum absolute atomic E-state index is 0.404. The Morgan fingerprint density at radius 1 is 1.16 bits per heavy atom. The van der Waals surface area contributed by atoms with Gasteiger partial charge in [-0.1, -0.05) is 45.2 Å². The minimum atomic E-state index is 0.404. The van der Waals surface area contributed by atoms with Gasteiger partial charge in [-0.15, -0.1) is 0 Å². The summed E-state index contributed by atoms with van der Waals surface area (Å²) in [4.78, 5) is 0. The van der Waals surface area contributed by atoms with Crippen molar-refractivity contribution in [2.24, 2.45) is 5.92 Å². The normalized spacial score (nSPS) is 14.1. The lowest BCUT2D eigenvalue weighted by Crippen LogP contribution is -2.25. The number of rotatable bonds is 9. The van der Waals surface area contributed by atoms with Gasteiger partial charge in [-0.3, -0.25) is 0 Å². The van der Waals surface area contributed by atoms with E-state index in [2.05, 4.69) is 38.2 Å². The predicted molar refractivity (Wildman–Crippen MR) is 82.7 cm³/mol. The lowest BCUT2D eigenvalue weighted by Gasteiger charge is -2.20. The van der Waals surface area contributed by atoms with Crippen molar-refractivity contribution in [1.29, 1.82) is 0 Å². The molecule has 0 amide bonds. The Labute approximate surface area is 118 Å². The van der Waals surface area contributed by atoms with Crippen LogP contribution in [0.3, 0.4) is 0 Å². The molecule has 0 spiro atoms. The van der Waals surface area contributed by atoms with Gasteiger partial charge in [0.15, 0.2) is 0 Å². The SMILES string of the molecule is CCCCC(CC)CN[C@H](C)c1ccc(OC)cc1. The van der Waals surface area contributed by atoms with Crippen LogP contribution in [-0.4, -0.2) is 13.7 Å². The molecule has 2 atom stereocenters. The van der Waals surface area contributed by atoms with Crippen molar-refractivity contribution in [3.63, 3.8) is 0 Å². The summed E-state index contributed by atoms with van der Waals surface area (Å²) in [5.74, 6) is 1.73. The van der Waals surface area contributed by atoms with Crippen molar-refractivity contribution in [3.8, 4) is 5.75 Å². The molecule has 0 aliphatic rings. The molecule has 1 N–H and O–H groups in total. The maximum Gasteiger partial charge on any atom is 0.118 e. The third-order valence-corrected chi connectivity index (χ3v) is 3.87. The Kier molecular flexibility index (Phi) is 7.57. The molecule has 19 heavy (non-hydrogen) atoms. The summed E-state index contributed by atoms with van der Waals surface area (Å²) in [6, 6.07) is 8.75. The van der Waals surface area contributed by atoms with Crippen molar-refractivity contribution in [2.75, 3.05) is 13.7 Å². The average Bonchev–Trinajstić information content (AvgIpc) is 2.47. The first-order valence-electron chi connectivity index (χ1n) is 7.58. The van der Waals surface area contributed by atoms with Gasteiger partial charge in [0.2, 0.25) is 0 Å². The van der Waals surface area contributed by atoms with E-state index in [4.69, 9.17) is 4.74 Å². The van der Waals surface area contributed by atoms with Gasteiger partial charge in [-0.2, -0.15) is 0 Å². The number of hydrogen-bond donors (Lipinski definition) is 1. The standard InChI is InChI=1S/C17H29NO/c1-5-7-8-15(6-2)13-18-14(3)16-9-11-17(19-4)12-10-16/h9-12,14-15,18H,5-8,13H2,1-4H3/t14-,15?/m1/s1. The topological polar surface area (TPSA) is 21.3 Å². The van der Waals surface area contributed by atoms with Crippen molar-refractivity contribution >= 4 is 0 Å². The summed E-state index contributed by atoms with van der Waals surface area (Å²) in [6.07, 6.45) is 5.25. The van der Waals surface area contributed by atoms with E-state index in [9.17, 15) is 0 Å². The average molecular weight is 263 g/mol. The van der Waals surface area contributed by atoms with Crippen LogP contribution in [0.25, 0.3) is 0 Å². The molecule has 0 heterocycles. The predicted octanol–water partition coefficient (Wildman–Crippen LogP) is 4.56. The highest BCUT2D eigenvalue weighted by molar-refractivity contribution is 5.28. The highest BCUT2D eigenvalue weighted by Crippen LogP contribution is 2.18. The van der Waals surface area contributed by atoms with Crippen LogP contribution >= 0.6 is 0 Å². The van der Waals surface area contributed by atoms with Gasteiger partial charge in [0.05, 0.1) is 7.11 Å². The summed E-state index contributed by atoms with van der Waals surface area (Å²) < 4.78 is 5.19. The third kappa shape index (κ3) is 5.65. The number of unbranched alkanes of at least 4 members (excludes halogenated alkanes) is 1. The molecule has 0 aliphatic carbocycles. The molecule has 1 rings (SSSR count). The molecule has 1 aromatic carbocycles. The fraction of sp³-hybridized carbons (Fsp3) is 0.647. The van der Waals surface area contributed by atoms with Crippen LogP contribution < -0.4 is 10.1 Å². The van der Waals surface area contributed by atoms with Crippen molar-refractivity contribution in [3.05, 3.63) is 29.8 Å². The zero-order valence-corrected chi connectivity index (χ0v) is 12.9. The molecule has 0 saturated carbocycles. The molecule has 0 saturated heterocycles. The number of methoxy groups -OCH3 is 1. The van der Waals surface area contributed by atoms with Crippen LogP contribution in [0.4, 0.5) is 0 Å². The molecule has 0 bridgehead atoms. The Morgan fingerprint density at radius 2 is 1.84 bits per heavy atom. The minimum Gasteiger partial charge on any atom is -0.497 e. The van der Waals surface area contributed by atoms with E-state index in [0.29, 0.717) is 6.04 Å². The van der Waals surface area contributed by atoms with Crippen molar-refractivity contribution in [2.45, 2.75) is 52.5 Å². The van der Waals surface area contributed by atoms with Crippen LogP contribution in [0, 0.1) is 5.92 Å². The molecule has 0 aromatic heterocycles. The summed E-state index contributed by atoms with van der Waals surface area (Å²) in [6.45, 7) is 7.90. The van der Waals surface area contributed by atoms with Gasteiger partial charge in [0, 0.05) is 6.04 Å². The first kappa shape index (κ1) is 16.0. The van der Waals surface area contributed by atoms with Crippen LogP contribution in [-0.2, 0) is 0 Å². The number of nitrogens with one attached hydrogen (secondary N) is 1. The maximum atomic E-state index is 5.19. The zero-order valence-electron chi connectivity index (χ0n) is 12.9. The summed E-state index contributed by atoms with van der Waals surface area (Å²) in [7, 11) is 1.70. The van der Waals surface area contributed by atoms with Crippen LogP contribution in [0.2, 0.25) is 0 Å². The van der Waals surface area contributed by atoms with Gasteiger partial charge < -0.3 is 10.1 Å². The first-order valence-corrected chi connectivity index (χ1v) is 7.58. The summed E-state index contributed by atoms with van der Waals surface area (Å²) in [5.41, 5.74) is 1.33. The molecule has 1 aromatic rings. The van der Waals surface area contributed by atoms with E-state index in [-0.39, 0.29) is 0 Å². The Morgan fingerprint density at radius 3 is 2.37 bits per heavy atom. The molecule has 0 fully saturated rings. The quantitative estimate of drug-likeness (QED) is 0.705. The van der Waals surface area contributed by atoms with E-state index in [0.717, 1.165) is 18.2 Å².